The summed E-state index contributed by atoms with van der Waals surface area (Å²) >= 11 is 0. The standard InChI is InChI=1S/C27H31N5O7/c1-29-24-22(26(35)30(2)27(29)36)32(16-28-24)15-19(33)14-31(13-17-9-7-6-8-10-17)25(34)18-11-20(37-3)23(39-5)21(12-18)38-4/h6-12,16,19,33H,13-15H2,1-5H3. The summed E-state index contributed by atoms with van der Waals surface area (Å²) in [7, 11) is 7.31. The van der Waals surface area contributed by atoms with Crippen molar-refractivity contribution in [2.24, 2.45) is 14.1 Å². The normalized spacial score (nSPS) is 11.8. The van der Waals surface area contributed by atoms with Crippen LogP contribution in [0.15, 0.2) is 58.4 Å². The van der Waals surface area contributed by atoms with Crippen LogP contribution < -0.4 is 25.5 Å². The summed E-state index contributed by atoms with van der Waals surface area (Å²) in [5, 5.41) is 11.1. The molecule has 1 atom stereocenters. The molecule has 2 aromatic heterocycles. The summed E-state index contributed by atoms with van der Waals surface area (Å²) in [6.45, 7) is 0.127. The second kappa shape index (κ2) is 11.4. The zero-order valence-corrected chi connectivity index (χ0v) is 22.5. The number of carbonyl (C=O) groups excluding carboxylic acids is 1. The van der Waals surface area contributed by atoms with Crippen molar-refractivity contribution in [3.63, 3.8) is 0 Å². The van der Waals surface area contributed by atoms with E-state index in [2.05, 4.69) is 4.98 Å². The van der Waals surface area contributed by atoms with E-state index in [1.54, 1.807) is 12.1 Å². The summed E-state index contributed by atoms with van der Waals surface area (Å²) in [4.78, 5) is 44.5. The van der Waals surface area contributed by atoms with Crippen molar-refractivity contribution < 1.29 is 24.1 Å². The predicted molar refractivity (Wildman–Crippen MR) is 144 cm³/mol. The van der Waals surface area contributed by atoms with Gasteiger partial charge >= 0.3 is 5.69 Å². The fraction of sp³-hybridized carbons (Fsp3) is 0.333. The molecular formula is C27H31N5O7. The van der Waals surface area contributed by atoms with Crippen molar-refractivity contribution >= 4 is 17.1 Å². The topological polar surface area (TPSA) is 130 Å². The molecule has 0 radical (unpaired) electrons. The molecule has 1 unspecified atom stereocenters. The second-order valence-electron chi connectivity index (χ2n) is 9.01. The lowest BCUT2D eigenvalue weighted by Crippen LogP contribution is -2.40. The monoisotopic (exact) mass is 537 g/mol. The first-order chi connectivity index (χ1) is 18.7. The molecule has 39 heavy (non-hydrogen) atoms. The smallest absolute Gasteiger partial charge is 0.332 e. The van der Waals surface area contributed by atoms with Gasteiger partial charge < -0.3 is 28.8 Å². The number of aromatic nitrogens is 4. The number of benzene rings is 2. The molecule has 1 N–H and O–H groups in total. The average molecular weight is 538 g/mol. The Morgan fingerprint density at radius 1 is 1.00 bits per heavy atom. The molecule has 12 heteroatoms. The molecule has 1 amide bonds. The molecule has 0 fully saturated rings. The van der Waals surface area contributed by atoms with Gasteiger partial charge in [0.05, 0.1) is 40.3 Å². The predicted octanol–water partition coefficient (Wildman–Crippen LogP) is 1.16. The maximum atomic E-state index is 13.8. The summed E-state index contributed by atoms with van der Waals surface area (Å²) in [5.41, 5.74) is 0.525. The van der Waals surface area contributed by atoms with Crippen LogP contribution in [-0.2, 0) is 27.2 Å². The Morgan fingerprint density at radius 2 is 1.64 bits per heavy atom. The van der Waals surface area contributed by atoms with E-state index >= 15 is 0 Å². The number of aryl methyl sites for hydroxylation is 1. The largest absolute Gasteiger partial charge is 0.493 e. The molecule has 2 aromatic carbocycles. The molecule has 0 saturated carbocycles. The number of amides is 1. The number of hydrogen-bond donors (Lipinski definition) is 1. The molecule has 0 aliphatic carbocycles. The Hall–Kier alpha value is -4.58. The highest BCUT2D eigenvalue weighted by atomic mass is 16.5. The van der Waals surface area contributed by atoms with Gasteiger partial charge in [-0.05, 0) is 17.7 Å². The minimum Gasteiger partial charge on any atom is -0.493 e. The molecule has 0 saturated heterocycles. The van der Waals surface area contributed by atoms with Gasteiger partial charge in [0.2, 0.25) is 5.75 Å². The van der Waals surface area contributed by atoms with Gasteiger partial charge in [0, 0.05) is 32.7 Å². The first-order valence-corrected chi connectivity index (χ1v) is 12.1. The van der Waals surface area contributed by atoms with E-state index in [4.69, 9.17) is 14.2 Å². The molecule has 12 nitrogen and oxygen atoms in total. The number of rotatable bonds is 10. The van der Waals surface area contributed by atoms with Crippen LogP contribution in [0.1, 0.15) is 15.9 Å². The third-order valence-electron chi connectivity index (χ3n) is 6.47. The number of aliphatic hydroxyl groups is 1. The van der Waals surface area contributed by atoms with Crippen LogP contribution >= 0.6 is 0 Å². The summed E-state index contributed by atoms with van der Waals surface area (Å²) in [5.74, 6) is 0.638. The zero-order valence-electron chi connectivity index (χ0n) is 22.5. The lowest BCUT2D eigenvalue weighted by molar-refractivity contribution is 0.0574. The number of hydrogen-bond acceptors (Lipinski definition) is 8. The van der Waals surface area contributed by atoms with Crippen LogP contribution in [-0.4, -0.2) is 68.6 Å². The quantitative estimate of drug-likeness (QED) is 0.319. The van der Waals surface area contributed by atoms with E-state index in [9.17, 15) is 19.5 Å². The fourth-order valence-corrected chi connectivity index (χ4v) is 4.48. The second-order valence-corrected chi connectivity index (χ2v) is 9.01. The van der Waals surface area contributed by atoms with E-state index < -0.39 is 17.4 Å². The number of nitrogens with zero attached hydrogens (tertiary/aromatic N) is 5. The van der Waals surface area contributed by atoms with Crippen molar-refractivity contribution in [3.8, 4) is 17.2 Å². The minimum atomic E-state index is -1.07. The van der Waals surface area contributed by atoms with E-state index in [1.165, 1.54) is 55.8 Å². The van der Waals surface area contributed by atoms with Crippen molar-refractivity contribution in [1.29, 1.82) is 0 Å². The Bertz CT molecular complexity index is 1580. The highest BCUT2D eigenvalue weighted by Crippen LogP contribution is 2.38. The lowest BCUT2D eigenvalue weighted by atomic mass is 10.1. The van der Waals surface area contributed by atoms with Crippen LogP contribution in [0.25, 0.3) is 11.2 Å². The summed E-state index contributed by atoms with van der Waals surface area (Å²) < 4.78 is 19.9. The van der Waals surface area contributed by atoms with Crippen molar-refractivity contribution in [2.45, 2.75) is 19.2 Å². The fourth-order valence-electron chi connectivity index (χ4n) is 4.48. The molecular weight excluding hydrogens is 506 g/mol. The number of imidazole rings is 1. The first kappa shape index (κ1) is 27.5. The van der Waals surface area contributed by atoms with Crippen molar-refractivity contribution in [1.82, 2.24) is 23.6 Å². The average Bonchev–Trinajstić information content (AvgIpc) is 3.37. The Kier molecular flexibility index (Phi) is 8.05. The molecule has 0 bridgehead atoms. The Labute approximate surface area is 224 Å². The van der Waals surface area contributed by atoms with Gasteiger partial charge in [-0.1, -0.05) is 30.3 Å². The number of carbonyl (C=O) groups is 1. The van der Waals surface area contributed by atoms with E-state index in [-0.39, 0.29) is 42.3 Å². The lowest BCUT2D eigenvalue weighted by Gasteiger charge is -2.26. The van der Waals surface area contributed by atoms with Crippen molar-refractivity contribution in [2.75, 3.05) is 27.9 Å². The molecule has 0 aliphatic heterocycles. The molecule has 0 spiro atoms. The van der Waals surface area contributed by atoms with Gasteiger partial charge in [0.15, 0.2) is 22.7 Å². The highest BCUT2D eigenvalue weighted by molar-refractivity contribution is 5.95. The maximum Gasteiger partial charge on any atom is 0.332 e. The van der Waals surface area contributed by atoms with Crippen LogP contribution in [0.5, 0.6) is 17.2 Å². The molecule has 206 valence electrons. The third kappa shape index (κ3) is 5.36. The van der Waals surface area contributed by atoms with E-state index in [0.717, 1.165) is 10.1 Å². The number of fused-ring (bicyclic) bond motifs is 1. The highest BCUT2D eigenvalue weighted by Gasteiger charge is 2.24. The SMILES string of the molecule is COc1cc(C(=O)N(Cc2ccccc2)CC(O)Cn2cnc3c2c(=O)n(C)c(=O)n3C)cc(OC)c1OC. The van der Waals surface area contributed by atoms with Crippen LogP contribution in [0, 0.1) is 0 Å². The number of aliphatic hydroxyl groups excluding tert-OH is 1. The maximum absolute atomic E-state index is 13.8. The Balaban J connectivity index is 1.67. The van der Waals surface area contributed by atoms with Gasteiger partial charge in [-0.2, -0.15) is 0 Å². The Morgan fingerprint density at radius 3 is 2.23 bits per heavy atom. The van der Waals surface area contributed by atoms with E-state index in [1.807, 2.05) is 30.3 Å². The molecule has 4 aromatic rings. The van der Waals surface area contributed by atoms with Gasteiger partial charge in [-0.3, -0.25) is 18.7 Å². The first-order valence-electron chi connectivity index (χ1n) is 12.1. The summed E-state index contributed by atoms with van der Waals surface area (Å²) in [6, 6.07) is 12.5. The van der Waals surface area contributed by atoms with Crippen LogP contribution in [0.4, 0.5) is 0 Å². The van der Waals surface area contributed by atoms with Gasteiger partial charge in [0.1, 0.15) is 0 Å². The zero-order chi connectivity index (χ0) is 28.3. The van der Waals surface area contributed by atoms with Crippen molar-refractivity contribution in [3.05, 3.63) is 80.8 Å². The number of methoxy groups -OCH3 is 3. The van der Waals surface area contributed by atoms with Crippen LogP contribution in [0.2, 0.25) is 0 Å². The minimum absolute atomic E-state index is 0.0300. The molecule has 0 aliphatic rings. The number of ether oxygens (including phenoxy) is 3. The summed E-state index contributed by atoms with van der Waals surface area (Å²) in [6.07, 6.45) is 0.330. The van der Waals surface area contributed by atoms with Gasteiger partial charge in [-0.25, -0.2) is 9.78 Å². The third-order valence-corrected chi connectivity index (χ3v) is 6.47. The molecule has 2 heterocycles. The van der Waals surface area contributed by atoms with Gasteiger partial charge in [0.25, 0.3) is 11.5 Å². The van der Waals surface area contributed by atoms with Gasteiger partial charge in [-0.15, -0.1) is 0 Å². The molecule has 4 rings (SSSR count). The van der Waals surface area contributed by atoms with E-state index in [0.29, 0.717) is 17.2 Å². The van der Waals surface area contributed by atoms with Crippen LogP contribution in [0.3, 0.4) is 0 Å².